The molecular weight excluding hydrogens is 219 g/mol. The summed E-state index contributed by atoms with van der Waals surface area (Å²) in [6.07, 6.45) is 0.704. The predicted molar refractivity (Wildman–Crippen MR) is 66.4 cm³/mol. The van der Waals surface area contributed by atoms with E-state index in [4.69, 9.17) is 5.73 Å². The highest BCUT2D eigenvalue weighted by Gasteiger charge is 2.19. The molecule has 1 aromatic carbocycles. The van der Waals surface area contributed by atoms with Gasteiger partial charge >= 0.3 is 0 Å². The Kier molecular flexibility index (Phi) is 4.63. The van der Waals surface area contributed by atoms with E-state index in [0.29, 0.717) is 13.0 Å². The molecule has 0 spiro atoms. The number of carbonyl (C=O) groups excluding carboxylic acids is 1. The lowest BCUT2D eigenvalue weighted by Crippen LogP contribution is -2.36. The first-order valence-electron chi connectivity index (χ1n) is 5.70. The van der Waals surface area contributed by atoms with E-state index < -0.39 is 5.82 Å². The Morgan fingerprint density at radius 3 is 2.71 bits per heavy atom. The Hall–Kier alpha value is -1.42. The van der Waals surface area contributed by atoms with E-state index in [2.05, 4.69) is 0 Å². The summed E-state index contributed by atoms with van der Waals surface area (Å²) in [6, 6.07) is 4.64. The van der Waals surface area contributed by atoms with Crippen LogP contribution in [0.5, 0.6) is 0 Å². The number of aryl methyl sites for hydroxylation is 1. The molecule has 4 heteroatoms. The fourth-order valence-electron chi connectivity index (χ4n) is 1.62. The van der Waals surface area contributed by atoms with Crippen LogP contribution < -0.4 is 5.73 Å². The summed E-state index contributed by atoms with van der Waals surface area (Å²) in [6.45, 7) is 4.20. The maximum atomic E-state index is 13.6. The van der Waals surface area contributed by atoms with Crippen LogP contribution in [-0.4, -0.2) is 30.4 Å². The third-order valence-corrected chi connectivity index (χ3v) is 2.92. The van der Waals surface area contributed by atoms with Crippen molar-refractivity contribution in [1.29, 1.82) is 0 Å². The lowest BCUT2D eigenvalue weighted by Gasteiger charge is -2.24. The van der Waals surface area contributed by atoms with Crippen LogP contribution in [0.4, 0.5) is 4.39 Å². The van der Waals surface area contributed by atoms with Gasteiger partial charge in [0, 0.05) is 13.1 Å². The molecule has 0 saturated heterocycles. The van der Waals surface area contributed by atoms with Crippen molar-refractivity contribution in [1.82, 2.24) is 4.90 Å². The highest BCUT2D eigenvalue weighted by Crippen LogP contribution is 2.14. The molecular formula is C13H19FN2O. The van der Waals surface area contributed by atoms with Gasteiger partial charge in [0.1, 0.15) is 5.82 Å². The molecule has 1 unspecified atom stereocenters. The molecule has 17 heavy (non-hydrogen) atoms. The first-order valence-corrected chi connectivity index (χ1v) is 5.70. The smallest absolute Gasteiger partial charge is 0.256 e. The molecule has 1 aromatic rings. The zero-order valence-electron chi connectivity index (χ0n) is 10.5. The highest BCUT2D eigenvalue weighted by molar-refractivity contribution is 5.94. The minimum atomic E-state index is -0.471. The number of nitrogens with two attached hydrogens (primary N) is 1. The topological polar surface area (TPSA) is 46.3 Å². The molecule has 0 radical (unpaired) electrons. The van der Waals surface area contributed by atoms with Crippen LogP contribution in [0, 0.1) is 12.7 Å². The lowest BCUT2D eigenvalue weighted by molar-refractivity contribution is 0.0734. The number of hydrogen-bond donors (Lipinski definition) is 1. The average Bonchev–Trinajstić information content (AvgIpc) is 2.27. The van der Waals surface area contributed by atoms with Gasteiger partial charge in [-0.15, -0.1) is 0 Å². The van der Waals surface area contributed by atoms with Gasteiger partial charge in [-0.1, -0.05) is 6.07 Å². The van der Waals surface area contributed by atoms with Crippen LogP contribution >= 0.6 is 0 Å². The van der Waals surface area contributed by atoms with Crippen molar-refractivity contribution in [3.8, 4) is 0 Å². The Labute approximate surface area is 101 Å². The third-order valence-electron chi connectivity index (χ3n) is 2.92. The van der Waals surface area contributed by atoms with Crippen LogP contribution in [0.25, 0.3) is 0 Å². The van der Waals surface area contributed by atoms with Crippen LogP contribution in [-0.2, 0) is 0 Å². The van der Waals surface area contributed by atoms with Crippen molar-refractivity contribution in [2.45, 2.75) is 26.3 Å². The number of hydrogen-bond acceptors (Lipinski definition) is 2. The van der Waals surface area contributed by atoms with Gasteiger partial charge in [-0.2, -0.15) is 0 Å². The number of rotatable bonds is 4. The van der Waals surface area contributed by atoms with Crippen molar-refractivity contribution >= 4 is 5.91 Å². The molecule has 1 amide bonds. The van der Waals surface area contributed by atoms with E-state index in [0.717, 1.165) is 5.56 Å². The molecule has 0 fully saturated rings. The molecule has 94 valence electrons. The number of nitrogens with zero attached hydrogens (tertiary/aromatic N) is 1. The molecule has 0 aliphatic carbocycles. The monoisotopic (exact) mass is 238 g/mol. The predicted octanol–water partition coefficient (Wildman–Crippen LogP) is 1.94. The fourth-order valence-corrected chi connectivity index (χ4v) is 1.62. The average molecular weight is 238 g/mol. The first-order chi connectivity index (χ1) is 7.97. The second kappa shape index (κ2) is 5.77. The minimum Gasteiger partial charge on any atom is -0.339 e. The Morgan fingerprint density at radius 2 is 2.18 bits per heavy atom. The molecule has 0 heterocycles. The van der Waals surface area contributed by atoms with Gasteiger partial charge in [0.2, 0.25) is 0 Å². The van der Waals surface area contributed by atoms with E-state index in [9.17, 15) is 9.18 Å². The largest absolute Gasteiger partial charge is 0.339 e. The minimum absolute atomic E-state index is 0.00760. The second-order valence-corrected chi connectivity index (χ2v) is 4.33. The van der Waals surface area contributed by atoms with Crippen LogP contribution in [0.3, 0.4) is 0 Å². The van der Waals surface area contributed by atoms with E-state index in [-0.39, 0.29) is 17.5 Å². The normalized spacial score (nSPS) is 12.3. The van der Waals surface area contributed by atoms with E-state index >= 15 is 0 Å². The summed E-state index contributed by atoms with van der Waals surface area (Å²) in [5, 5.41) is 0. The van der Waals surface area contributed by atoms with Gasteiger partial charge in [-0.05, 0) is 44.5 Å². The van der Waals surface area contributed by atoms with Crippen LogP contribution in [0.2, 0.25) is 0 Å². The van der Waals surface area contributed by atoms with Crippen molar-refractivity contribution in [3.05, 3.63) is 35.1 Å². The highest BCUT2D eigenvalue weighted by atomic mass is 19.1. The quantitative estimate of drug-likeness (QED) is 0.871. The number of carbonyl (C=O) groups is 1. The molecule has 0 saturated carbocycles. The van der Waals surface area contributed by atoms with Gasteiger partial charge < -0.3 is 10.6 Å². The Bertz CT molecular complexity index is 406. The summed E-state index contributed by atoms with van der Waals surface area (Å²) < 4.78 is 13.6. The standard InChI is InChI=1S/C13H19FN2O/c1-9-4-5-11(12(14)8-9)13(17)16(3)10(2)6-7-15/h4-5,8,10H,6-7,15H2,1-3H3. The van der Waals surface area contributed by atoms with Crippen molar-refractivity contribution < 1.29 is 9.18 Å². The molecule has 3 nitrogen and oxygen atoms in total. The summed E-state index contributed by atoms with van der Waals surface area (Å²) >= 11 is 0. The Morgan fingerprint density at radius 1 is 1.53 bits per heavy atom. The van der Waals surface area contributed by atoms with E-state index in [1.807, 2.05) is 6.92 Å². The summed E-state index contributed by atoms with van der Waals surface area (Å²) in [5.41, 5.74) is 6.36. The molecule has 0 aromatic heterocycles. The van der Waals surface area contributed by atoms with Gasteiger partial charge in [0.15, 0.2) is 0 Å². The first kappa shape index (κ1) is 13.6. The van der Waals surface area contributed by atoms with Crippen molar-refractivity contribution in [2.75, 3.05) is 13.6 Å². The van der Waals surface area contributed by atoms with Crippen LogP contribution in [0.1, 0.15) is 29.3 Å². The molecule has 0 aliphatic heterocycles. The zero-order chi connectivity index (χ0) is 13.0. The maximum absolute atomic E-state index is 13.6. The molecule has 1 atom stereocenters. The molecule has 1 rings (SSSR count). The molecule has 2 N–H and O–H groups in total. The SMILES string of the molecule is Cc1ccc(C(=O)N(C)C(C)CCN)c(F)c1. The van der Waals surface area contributed by atoms with Crippen molar-refractivity contribution in [2.24, 2.45) is 5.73 Å². The fraction of sp³-hybridized carbons (Fsp3) is 0.462. The maximum Gasteiger partial charge on any atom is 0.256 e. The van der Waals surface area contributed by atoms with Gasteiger partial charge in [0.25, 0.3) is 5.91 Å². The molecule has 0 aliphatic rings. The Balaban J connectivity index is 2.88. The van der Waals surface area contributed by atoms with Gasteiger partial charge in [0.05, 0.1) is 5.56 Å². The van der Waals surface area contributed by atoms with E-state index in [1.165, 1.54) is 17.0 Å². The third kappa shape index (κ3) is 3.27. The second-order valence-electron chi connectivity index (χ2n) is 4.33. The van der Waals surface area contributed by atoms with Gasteiger partial charge in [-0.25, -0.2) is 4.39 Å². The number of amides is 1. The number of benzene rings is 1. The van der Waals surface area contributed by atoms with E-state index in [1.54, 1.807) is 20.0 Å². The van der Waals surface area contributed by atoms with Crippen LogP contribution in [0.15, 0.2) is 18.2 Å². The zero-order valence-corrected chi connectivity index (χ0v) is 10.5. The van der Waals surface area contributed by atoms with Crippen molar-refractivity contribution in [3.63, 3.8) is 0 Å². The number of halogens is 1. The lowest BCUT2D eigenvalue weighted by atomic mass is 10.1. The summed E-state index contributed by atoms with van der Waals surface area (Å²) in [7, 11) is 1.67. The summed E-state index contributed by atoms with van der Waals surface area (Å²) in [4.78, 5) is 13.6. The molecule has 0 bridgehead atoms. The van der Waals surface area contributed by atoms with Gasteiger partial charge in [-0.3, -0.25) is 4.79 Å². The summed E-state index contributed by atoms with van der Waals surface area (Å²) in [5.74, 6) is -0.773.